The van der Waals surface area contributed by atoms with E-state index < -0.39 is 6.04 Å². The molecule has 2 amide bonds. The van der Waals surface area contributed by atoms with Crippen LogP contribution in [0.15, 0.2) is 36.4 Å². The fraction of sp³-hybridized carbons (Fsp3) is 0.364. The molecular weight excluding hydrogens is 411 g/mol. The number of rotatable bonds is 8. The third-order valence-corrected chi connectivity index (χ3v) is 5.61. The van der Waals surface area contributed by atoms with E-state index in [0.717, 1.165) is 16.7 Å². The Morgan fingerprint density at radius 3 is 2.48 bits per heavy atom. The number of benzene rings is 2. The standard InChI is InChI=1S/C22H26Cl2N2O3/c1-5-19(22(28)25-4)26(12-16-9-10-17(23)18(24)11-16)21(27)13-29-20-8-6-7-14(2)15(20)3/h6-11,19H,5,12-13H2,1-4H3,(H,25,28). The van der Waals surface area contributed by atoms with E-state index in [1.54, 1.807) is 25.2 Å². The van der Waals surface area contributed by atoms with Gasteiger partial charge >= 0.3 is 0 Å². The number of ether oxygens (including phenoxy) is 1. The van der Waals surface area contributed by atoms with Gasteiger partial charge in [0.15, 0.2) is 6.61 Å². The van der Waals surface area contributed by atoms with Crippen LogP contribution in [0, 0.1) is 13.8 Å². The molecule has 7 heteroatoms. The van der Waals surface area contributed by atoms with E-state index in [4.69, 9.17) is 27.9 Å². The number of nitrogens with one attached hydrogen (secondary N) is 1. The lowest BCUT2D eigenvalue weighted by Gasteiger charge is -2.30. The molecule has 0 aromatic heterocycles. The van der Waals surface area contributed by atoms with Gasteiger partial charge in [0.25, 0.3) is 5.91 Å². The van der Waals surface area contributed by atoms with Gasteiger partial charge in [-0.3, -0.25) is 9.59 Å². The molecule has 2 aromatic carbocycles. The Morgan fingerprint density at radius 2 is 1.86 bits per heavy atom. The fourth-order valence-corrected chi connectivity index (χ4v) is 3.34. The number of aryl methyl sites for hydroxylation is 1. The number of nitrogens with zero attached hydrogens (tertiary/aromatic N) is 1. The summed E-state index contributed by atoms with van der Waals surface area (Å²) >= 11 is 12.1. The molecule has 29 heavy (non-hydrogen) atoms. The van der Waals surface area contributed by atoms with Gasteiger partial charge in [-0.1, -0.05) is 48.3 Å². The smallest absolute Gasteiger partial charge is 0.261 e. The third kappa shape index (κ3) is 5.87. The minimum atomic E-state index is -0.621. The minimum absolute atomic E-state index is 0.168. The third-order valence-electron chi connectivity index (χ3n) is 4.88. The summed E-state index contributed by atoms with van der Waals surface area (Å²) in [6.07, 6.45) is 0.468. The van der Waals surface area contributed by atoms with Crippen molar-refractivity contribution in [1.29, 1.82) is 0 Å². The van der Waals surface area contributed by atoms with Crippen molar-refractivity contribution in [2.24, 2.45) is 0 Å². The van der Waals surface area contributed by atoms with Gasteiger partial charge in [-0.15, -0.1) is 0 Å². The zero-order chi connectivity index (χ0) is 21.6. The van der Waals surface area contributed by atoms with Crippen LogP contribution in [0.25, 0.3) is 0 Å². The molecule has 0 saturated carbocycles. The quantitative estimate of drug-likeness (QED) is 0.660. The molecule has 0 saturated heterocycles. The summed E-state index contributed by atoms with van der Waals surface area (Å²) in [4.78, 5) is 26.9. The molecule has 0 aliphatic heterocycles. The molecular formula is C22H26Cl2N2O3. The predicted molar refractivity (Wildman–Crippen MR) is 117 cm³/mol. The van der Waals surface area contributed by atoms with E-state index in [9.17, 15) is 9.59 Å². The van der Waals surface area contributed by atoms with Gasteiger partial charge in [0.05, 0.1) is 10.0 Å². The molecule has 0 fully saturated rings. The maximum absolute atomic E-state index is 13.1. The highest BCUT2D eigenvalue weighted by Gasteiger charge is 2.28. The topological polar surface area (TPSA) is 58.6 Å². The van der Waals surface area contributed by atoms with Crippen LogP contribution in [-0.2, 0) is 16.1 Å². The van der Waals surface area contributed by atoms with Crippen LogP contribution in [0.4, 0.5) is 0 Å². The summed E-state index contributed by atoms with van der Waals surface area (Å²) < 4.78 is 5.78. The highest BCUT2D eigenvalue weighted by Crippen LogP contribution is 2.24. The Balaban J connectivity index is 2.25. The molecule has 0 spiro atoms. The van der Waals surface area contributed by atoms with Crippen LogP contribution in [0.3, 0.4) is 0 Å². The molecule has 0 aliphatic carbocycles. The van der Waals surface area contributed by atoms with Gasteiger partial charge in [-0.05, 0) is 55.2 Å². The number of carbonyl (C=O) groups is 2. The van der Waals surface area contributed by atoms with Crippen LogP contribution in [-0.4, -0.2) is 36.4 Å². The van der Waals surface area contributed by atoms with Gasteiger partial charge in [0.1, 0.15) is 11.8 Å². The van der Waals surface area contributed by atoms with E-state index in [2.05, 4.69) is 5.32 Å². The second-order valence-electron chi connectivity index (χ2n) is 6.80. The highest BCUT2D eigenvalue weighted by molar-refractivity contribution is 6.42. The van der Waals surface area contributed by atoms with E-state index in [1.165, 1.54) is 4.90 Å². The molecule has 1 atom stereocenters. The van der Waals surface area contributed by atoms with Crippen LogP contribution in [0.5, 0.6) is 5.75 Å². The summed E-state index contributed by atoms with van der Waals surface area (Å²) in [5.41, 5.74) is 2.84. The van der Waals surface area contributed by atoms with E-state index in [-0.39, 0.29) is 25.0 Å². The molecule has 0 heterocycles. The number of carbonyl (C=O) groups excluding carboxylic acids is 2. The van der Waals surface area contributed by atoms with Crippen molar-refractivity contribution in [3.63, 3.8) is 0 Å². The molecule has 2 rings (SSSR count). The molecule has 0 aliphatic rings. The molecule has 5 nitrogen and oxygen atoms in total. The van der Waals surface area contributed by atoms with Gasteiger partial charge in [0, 0.05) is 13.6 Å². The Morgan fingerprint density at radius 1 is 1.14 bits per heavy atom. The SMILES string of the molecule is CCC(C(=O)NC)N(Cc1ccc(Cl)c(Cl)c1)C(=O)COc1cccc(C)c1C. The average molecular weight is 437 g/mol. The van der Waals surface area contributed by atoms with Crippen molar-refractivity contribution < 1.29 is 14.3 Å². The van der Waals surface area contributed by atoms with Crippen LogP contribution < -0.4 is 10.1 Å². The van der Waals surface area contributed by atoms with Gasteiger partial charge in [-0.25, -0.2) is 0 Å². The highest BCUT2D eigenvalue weighted by atomic mass is 35.5. The molecule has 1 N–H and O–H groups in total. The largest absolute Gasteiger partial charge is 0.483 e. The summed E-state index contributed by atoms with van der Waals surface area (Å²) in [7, 11) is 1.55. The number of likely N-dealkylation sites (N-methyl/N-ethyl adjacent to an activating group) is 1. The first-order chi connectivity index (χ1) is 13.8. The average Bonchev–Trinajstić information content (AvgIpc) is 2.71. The monoisotopic (exact) mass is 436 g/mol. The maximum Gasteiger partial charge on any atom is 0.261 e. The Labute approximate surface area is 181 Å². The molecule has 156 valence electrons. The number of hydrogen-bond acceptors (Lipinski definition) is 3. The normalized spacial score (nSPS) is 11.7. The van der Waals surface area contributed by atoms with Gasteiger partial charge in [0.2, 0.25) is 5.91 Å². The first-order valence-corrected chi connectivity index (χ1v) is 10.2. The number of halogens is 2. The second-order valence-corrected chi connectivity index (χ2v) is 7.61. The van der Waals surface area contributed by atoms with Crippen molar-refractivity contribution >= 4 is 35.0 Å². The van der Waals surface area contributed by atoms with Crippen molar-refractivity contribution in [3.05, 3.63) is 63.1 Å². The first kappa shape index (κ1) is 23.0. The summed E-state index contributed by atoms with van der Waals surface area (Å²) in [6, 6.07) is 10.2. The van der Waals surface area contributed by atoms with E-state index >= 15 is 0 Å². The lowest BCUT2D eigenvalue weighted by molar-refractivity contribution is -0.142. The molecule has 0 radical (unpaired) electrons. The number of amides is 2. The number of hydrogen-bond donors (Lipinski definition) is 1. The Hall–Kier alpha value is -2.24. The summed E-state index contributed by atoms with van der Waals surface area (Å²) in [5.74, 6) is 0.140. The lowest BCUT2D eigenvalue weighted by atomic mass is 10.1. The predicted octanol–water partition coefficient (Wildman–Crippen LogP) is 4.54. The minimum Gasteiger partial charge on any atom is -0.483 e. The summed E-state index contributed by atoms with van der Waals surface area (Å²) in [5, 5.41) is 3.46. The Kier molecular flexibility index (Phi) is 8.35. The van der Waals surface area contributed by atoms with E-state index in [1.807, 2.05) is 39.0 Å². The lowest BCUT2D eigenvalue weighted by Crippen LogP contribution is -2.49. The molecule has 1 unspecified atom stereocenters. The van der Waals surface area contributed by atoms with Crippen LogP contribution >= 0.6 is 23.2 Å². The van der Waals surface area contributed by atoms with E-state index in [0.29, 0.717) is 22.2 Å². The second kappa shape index (κ2) is 10.5. The Bertz CT molecular complexity index is 886. The zero-order valence-corrected chi connectivity index (χ0v) is 18.6. The first-order valence-electron chi connectivity index (χ1n) is 9.42. The van der Waals surface area contributed by atoms with Crippen molar-refractivity contribution in [3.8, 4) is 5.75 Å². The fourth-order valence-electron chi connectivity index (χ4n) is 3.02. The summed E-state index contributed by atoms with van der Waals surface area (Å²) in [6.45, 7) is 5.85. The van der Waals surface area contributed by atoms with Crippen LogP contribution in [0.2, 0.25) is 10.0 Å². The van der Waals surface area contributed by atoms with Crippen molar-refractivity contribution in [2.45, 2.75) is 39.8 Å². The van der Waals surface area contributed by atoms with Crippen molar-refractivity contribution in [2.75, 3.05) is 13.7 Å². The van der Waals surface area contributed by atoms with Gasteiger partial charge in [-0.2, -0.15) is 0 Å². The maximum atomic E-state index is 13.1. The molecule has 2 aromatic rings. The van der Waals surface area contributed by atoms with Gasteiger partial charge < -0.3 is 15.0 Å². The molecule has 0 bridgehead atoms. The van der Waals surface area contributed by atoms with Crippen LogP contribution in [0.1, 0.15) is 30.0 Å². The zero-order valence-electron chi connectivity index (χ0n) is 17.1. The van der Waals surface area contributed by atoms with Crippen molar-refractivity contribution in [1.82, 2.24) is 10.2 Å².